The molecule has 1 atom stereocenters. The lowest BCUT2D eigenvalue weighted by Gasteiger charge is -2.09. The van der Waals surface area contributed by atoms with Gasteiger partial charge in [-0.1, -0.05) is 29.8 Å². The van der Waals surface area contributed by atoms with E-state index in [1.807, 2.05) is 31.2 Å². The minimum Gasteiger partial charge on any atom is -0.474 e. The first-order chi connectivity index (χ1) is 7.65. The van der Waals surface area contributed by atoms with Crippen molar-refractivity contribution >= 4 is 11.9 Å². The molecule has 0 radical (unpaired) electrons. The van der Waals surface area contributed by atoms with Crippen molar-refractivity contribution in [2.24, 2.45) is 4.99 Å². The number of ether oxygens (including phenoxy) is 1. The molecule has 1 unspecified atom stereocenters. The SMILES string of the molecule is Cc1ccc(CC2CN=C(C(=O)O)O2)cc1. The first kappa shape index (κ1) is 10.7. The van der Waals surface area contributed by atoms with Gasteiger partial charge in [0.1, 0.15) is 6.10 Å². The molecule has 0 saturated heterocycles. The van der Waals surface area contributed by atoms with Gasteiger partial charge in [0.15, 0.2) is 0 Å². The molecule has 0 bridgehead atoms. The van der Waals surface area contributed by atoms with Crippen LogP contribution in [-0.2, 0) is 16.0 Å². The summed E-state index contributed by atoms with van der Waals surface area (Å²) in [6.45, 7) is 2.46. The Balaban J connectivity index is 1.94. The van der Waals surface area contributed by atoms with Crippen molar-refractivity contribution in [3.63, 3.8) is 0 Å². The van der Waals surface area contributed by atoms with E-state index in [9.17, 15) is 4.79 Å². The van der Waals surface area contributed by atoms with Crippen molar-refractivity contribution in [3.05, 3.63) is 35.4 Å². The lowest BCUT2D eigenvalue weighted by molar-refractivity contribution is -0.131. The zero-order valence-electron chi connectivity index (χ0n) is 9.01. The molecule has 1 N–H and O–H groups in total. The number of aliphatic imine (C=N–C) groups is 1. The maximum Gasteiger partial charge on any atom is 0.391 e. The Morgan fingerprint density at radius 3 is 2.75 bits per heavy atom. The lowest BCUT2D eigenvalue weighted by atomic mass is 10.1. The van der Waals surface area contributed by atoms with Gasteiger partial charge in [-0.15, -0.1) is 0 Å². The molecule has 84 valence electrons. The predicted octanol–water partition coefficient (Wildman–Crippen LogP) is 1.42. The fourth-order valence-corrected chi connectivity index (χ4v) is 1.63. The first-order valence-electron chi connectivity index (χ1n) is 5.15. The first-order valence-corrected chi connectivity index (χ1v) is 5.15. The Kier molecular flexibility index (Phi) is 2.90. The van der Waals surface area contributed by atoms with E-state index in [4.69, 9.17) is 9.84 Å². The Hall–Kier alpha value is -1.84. The van der Waals surface area contributed by atoms with E-state index < -0.39 is 5.97 Å². The summed E-state index contributed by atoms with van der Waals surface area (Å²) < 4.78 is 5.21. The van der Waals surface area contributed by atoms with Crippen LogP contribution < -0.4 is 0 Å². The smallest absolute Gasteiger partial charge is 0.391 e. The molecule has 1 aromatic rings. The summed E-state index contributed by atoms with van der Waals surface area (Å²) in [7, 11) is 0. The average molecular weight is 219 g/mol. The molecular formula is C12H13NO3. The van der Waals surface area contributed by atoms with Gasteiger partial charge >= 0.3 is 5.97 Å². The number of nitrogens with zero attached hydrogens (tertiary/aromatic N) is 1. The van der Waals surface area contributed by atoms with Crippen molar-refractivity contribution in [2.45, 2.75) is 19.4 Å². The van der Waals surface area contributed by atoms with Crippen molar-refractivity contribution in [1.82, 2.24) is 0 Å². The summed E-state index contributed by atoms with van der Waals surface area (Å²) in [6.07, 6.45) is 0.550. The molecule has 4 heteroatoms. The minimum absolute atomic E-state index is 0.145. The predicted molar refractivity (Wildman–Crippen MR) is 59.7 cm³/mol. The zero-order chi connectivity index (χ0) is 11.5. The van der Waals surface area contributed by atoms with Crippen molar-refractivity contribution in [2.75, 3.05) is 6.54 Å². The van der Waals surface area contributed by atoms with Crippen molar-refractivity contribution in [1.29, 1.82) is 0 Å². The zero-order valence-corrected chi connectivity index (χ0v) is 9.01. The van der Waals surface area contributed by atoms with Gasteiger partial charge in [0.2, 0.25) is 0 Å². The van der Waals surface area contributed by atoms with Crippen LogP contribution in [0.4, 0.5) is 0 Å². The highest BCUT2D eigenvalue weighted by atomic mass is 16.5. The third-order valence-corrected chi connectivity index (χ3v) is 2.48. The van der Waals surface area contributed by atoms with Gasteiger partial charge in [0, 0.05) is 6.42 Å². The highest BCUT2D eigenvalue weighted by molar-refractivity contribution is 6.32. The van der Waals surface area contributed by atoms with Gasteiger partial charge < -0.3 is 9.84 Å². The monoisotopic (exact) mass is 219 g/mol. The highest BCUT2D eigenvalue weighted by Gasteiger charge is 2.24. The van der Waals surface area contributed by atoms with E-state index in [1.165, 1.54) is 5.56 Å². The molecule has 1 heterocycles. The number of hydrogen-bond acceptors (Lipinski definition) is 3. The number of rotatable bonds is 3. The van der Waals surface area contributed by atoms with E-state index in [0.29, 0.717) is 13.0 Å². The van der Waals surface area contributed by atoms with Crippen LogP contribution in [0.5, 0.6) is 0 Å². The fourth-order valence-electron chi connectivity index (χ4n) is 1.63. The van der Waals surface area contributed by atoms with E-state index in [1.54, 1.807) is 0 Å². The molecular weight excluding hydrogens is 206 g/mol. The summed E-state index contributed by atoms with van der Waals surface area (Å²) in [4.78, 5) is 14.4. The van der Waals surface area contributed by atoms with Crippen molar-refractivity contribution < 1.29 is 14.6 Å². The second kappa shape index (κ2) is 4.35. The second-order valence-corrected chi connectivity index (χ2v) is 3.88. The van der Waals surface area contributed by atoms with E-state index in [2.05, 4.69) is 4.99 Å². The summed E-state index contributed by atoms with van der Waals surface area (Å²) in [5.74, 6) is -1.26. The minimum atomic E-state index is -1.09. The Morgan fingerprint density at radius 2 is 2.19 bits per heavy atom. The van der Waals surface area contributed by atoms with Crippen LogP contribution in [0.25, 0.3) is 0 Å². The van der Waals surface area contributed by atoms with Gasteiger partial charge in [0.25, 0.3) is 5.90 Å². The van der Waals surface area contributed by atoms with Crippen LogP contribution in [0, 0.1) is 6.92 Å². The standard InChI is InChI=1S/C12H13NO3/c1-8-2-4-9(5-3-8)6-10-7-13-11(16-10)12(14)15/h2-5,10H,6-7H2,1H3,(H,14,15). The number of aryl methyl sites for hydroxylation is 1. The lowest BCUT2D eigenvalue weighted by Crippen LogP contribution is -2.20. The number of carboxylic acid groups (broad SMARTS) is 1. The fraction of sp³-hybridized carbons (Fsp3) is 0.333. The molecule has 1 aromatic carbocycles. The Bertz CT molecular complexity index is 422. The van der Waals surface area contributed by atoms with Crippen LogP contribution in [-0.4, -0.2) is 29.6 Å². The summed E-state index contributed by atoms with van der Waals surface area (Å²) in [6, 6.07) is 8.11. The molecule has 0 spiro atoms. The second-order valence-electron chi connectivity index (χ2n) is 3.88. The van der Waals surface area contributed by atoms with Crippen LogP contribution in [0.2, 0.25) is 0 Å². The molecule has 1 aliphatic rings. The molecule has 0 aliphatic carbocycles. The molecule has 0 amide bonds. The topological polar surface area (TPSA) is 58.9 Å². The van der Waals surface area contributed by atoms with E-state index in [0.717, 1.165) is 5.56 Å². The van der Waals surface area contributed by atoms with Crippen LogP contribution >= 0.6 is 0 Å². The molecule has 4 nitrogen and oxygen atoms in total. The average Bonchev–Trinajstić information content (AvgIpc) is 2.70. The van der Waals surface area contributed by atoms with Crippen LogP contribution in [0.3, 0.4) is 0 Å². The van der Waals surface area contributed by atoms with Gasteiger partial charge in [0.05, 0.1) is 6.54 Å². The van der Waals surface area contributed by atoms with E-state index in [-0.39, 0.29) is 12.0 Å². The molecule has 0 saturated carbocycles. The third kappa shape index (κ3) is 2.39. The maximum atomic E-state index is 10.6. The van der Waals surface area contributed by atoms with Crippen LogP contribution in [0.15, 0.2) is 29.3 Å². The maximum absolute atomic E-state index is 10.6. The van der Waals surface area contributed by atoms with Crippen molar-refractivity contribution in [3.8, 4) is 0 Å². The van der Waals surface area contributed by atoms with Gasteiger partial charge in [-0.05, 0) is 12.5 Å². The molecule has 0 aromatic heterocycles. The quantitative estimate of drug-likeness (QED) is 0.836. The largest absolute Gasteiger partial charge is 0.474 e. The molecule has 0 fully saturated rings. The number of hydrogen-bond donors (Lipinski definition) is 1. The van der Waals surface area contributed by atoms with Gasteiger partial charge in [-0.25, -0.2) is 9.79 Å². The van der Waals surface area contributed by atoms with Gasteiger partial charge in [-0.2, -0.15) is 0 Å². The number of carboxylic acids is 1. The van der Waals surface area contributed by atoms with E-state index >= 15 is 0 Å². The Morgan fingerprint density at radius 1 is 1.50 bits per heavy atom. The number of benzene rings is 1. The number of aliphatic carboxylic acids is 1. The summed E-state index contributed by atoms with van der Waals surface area (Å²) in [5, 5.41) is 8.68. The highest BCUT2D eigenvalue weighted by Crippen LogP contribution is 2.12. The third-order valence-electron chi connectivity index (χ3n) is 2.48. The summed E-state index contributed by atoms with van der Waals surface area (Å²) in [5.41, 5.74) is 2.34. The van der Waals surface area contributed by atoms with Crippen LogP contribution in [0.1, 0.15) is 11.1 Å². The molecule has 1 aliphatic heterocycles. The van der Waals surface area contributed by atoms with Gasteiger partial charge in [-0.3, -0.25) is 0 Å². The Labute approximate surface area is 93.6 Å². The number of carbonyl (C=O) groups is 1. The summed E-state index contributed by atoms with van der Waals surface area (Å²) >= 11 is 0. The normalized spacial score (nSPS) is 19.1. The molecule has 2 rings (SSSR count). The molecule has 16 heavy (non-hydrogen) atoms.